The highest BCUT2D eigenvalue weighted by Gasteiger charge is 2.26. The van der Waals surface area contributed by atoms with Gasteiger partial charge in [0, 0.05) is 0 Å². The van der Waals surface area contributed by atoms with Gasteiger partial charge < -0.3 is 5.32 Å². The summed E-state index contributed by atoms with van der Waals surface area (Å²) in [7, 11) is 5.31. The van der Waals surface area contributed by atoms with Crippen molar-refractivity contribution in [2.24, 2.45) is 0 Å². The first-order valence-corrected chi connectivity index (χ1v) is 4.01. The molecular formula is C9H7BFNO. The van der Waals surface area contributed by atoms with Crippen LogP contribution in [0.25, 0.3) is 0 Å². The Kier molecular flexibility index (Phi) is 1.83. The van der Waals surface area contributed by atoms with E-state index in [0.29, 0.717) is 6.42 Å². The molecule has 1 N–H and O–H groups in total. The van der Waals surface area contributed by atoms with E-state index < -0.39 is 5.82 Å². The molecule has 1 atom stereocenters. The number of carbonyl (C=O) groups is 1. The largest absolute Gasteiger partial charge is 0.349 e. The fourth-order valence-corrected chi connectivity index (χ4v) is 1.32. The summed E-state index contributed by atoms with van der Waals surface area (Å²) in [6, 6.07) is 4.56. The summed E-state index contributed by atoms with van der Waals surface area (Å²) in [5.41, 5.74) is 0.903. The second kappa shape index (κ2) is 2.87. The van der Waals surface area contributed by atoms with Crippen molar-refractivity contribution in [3.05, 3.63) is 29.6 Å². The smallest absolute Gasteiger partial charge is 0.222 e. The highest BCUT2D eigenvalue weighted by Crippen LogP contribution is 2.23. The molecule has 13 heavy (non-hydrogen) atoms. The predicted octanol–water partition coefficient (Wildman–Crippen LogP) is 0.180. The molecule has 1 fully saturated rings. The second-order valence-electron chi connectivity index (χ2n) is 3.11. The van der Waals surface area contributed by atoms with Crippen LogP contribution in [0.2, 0.25) is 0 Å². The molecule has 4 heteroatoms. The molecule has 1 saturated heterocycles. The maximum atomic E-state index is 13.0. The van der Waals surface area contributed by atoms with Crippen LogP contribution in [0.3, 0.4) is 0 Å². The zero-order valence-electron chi connectivity index (χ0n) is 6.88. The van der Waals surface area contributed by atoms with Crippen LogP contribution in [0.15, 0.2) is 18.2 Å². The average molecular weight is 175 g/mol. The van der Waals surface area contributed by atoms with Crippen molar-refractivity contribution >= 4 is 19.2 Å². The third-order valence-electron chi connectivity index (χ3n) is 2.15. The highest BCUT2D eigenvalue weighted by atomic mass is 19.1. The molecule has 1 amide bonds. The first-order chi connectivity index (χ1) is 6.16. The standard InChI is InChI=1S/C9H7BFNO/c10-6-2-1-5(3-7(6)11)8-4-9(13)12-8/h1-3,8H,4H2,(H,12,13). The van der Waals surface area contributed by atoms with Gasteiger partial charge in [0.25, 0.3) is 0 Å². The third-order valence-corrected chi connectivity index (χ3v) is 2.15. The Morgan fingerprint density at radius 1 is 1.54 bits per heavy atom. The lowest BCUT2D eigenvalue weighted by atomic mass is 9.90. The van der Waals surface area contributed by atoms with Crippen molar-refractivity contribution in [1.29, 1.82) is 0 Å². The minimum absolute atomic E-state index is 0.00207. The molecule has 1 aromatic carbocycles. The lowest BCUT2D eigenvalue weighted by Gasteiger charge is -2.27. The fourth-order valence-electron chi connectivity index (χ4n) is 1.32. The summed E-state index contributed by atoms with van der Waals surface area (Å²) >= 11 is 0. The van der Waals surface area contributed by atoms with Crippen LogP contribution in [0.5, 0.6) is 0 Å². The number of carbonyl (C=O) groups excluding carboxylic acids is 1. The molecule has 64 valence electrons. The van der Waals surface area contributed by atoms with Gasteiger partial charge in [-0.25, -0.2) is 4.39 Å². The van der Waals surface area contributed by atoms with Gasteiger partial charge >= 0.3 is 0 Å². The molecule has 0 bridgehead atoms. The second-order valence-corrected chi connectivity index (χ2v) is 3.11. The molecule has 1 heterocycles. The van der Waals surface area contributed by atoms with E-state index in [1.165, 1.54) is 12.1 Å². The molecule has 2 rings (SSSR count). The van der Waals surface area contributed by atoms with Crippen LogP contribution >= 0.6 is 0 Å². The fraction of sp³-hybridized carbons (Fsp3) is 0.222. The van der Waals surface area contributed by atoms with Crippen LogP contribution in [-0.4, -0.2) is 13.8 Å². The van der Waals surface area contributed by atoms with E-state index in [1.807, 2.05) is 0 Å². The van der Waals surface area contributed by atoms with E-state index >= 15 is 0 Å². The minimum Gasteiger partial charge on any atom is -0.349 e. The maximum Gasteiger partial charge on any atom is 0.222 e. The van der Waals surface area contributed by atoms with Crippen LogP contribution in [-0.2, 0) is 4.79 Å². The van der Waals surface area contributed by atoms with Gasteiger partial charge in [0.05, 0.1) is 12.5 Å². The van der Waals surface area contributed by atoms with Crippen molar-refractivity contribution in [1.82, 2.24) is 5.32 Å². The van der Waals surface area contributed by atoms with Gasteiger partial charge in [0.15, 0.2) is 0 Å². The Morgan fingerprint density at radius 2 is 2.23 bits per heavy atom. The van der Waals surface area contributed by atoms with Gasteiger partial charge in [0.1, 0.15) is 13.7 Å². The Morgan fingerprint density at radius 3 is 2.77 bits per heavy atom. The topological polar surface area (TPSA) is 29.1 Å². The van der Waals surface area contributed by atoms with Crippen LogP contribution in [0, 0.1) is 5.82 Å². The van der Waals surface area contributed by atoms with Gasteiger partial charge in [-0.05, 0) is 11.6 Å². The summed E-state index contributed by atoms with van der Waals surface area (Å²) in [4.78, 5) is 10.6. The number of β-lactam (4-membered cyclic amide) rings is 1. The van der Waals surface area contributed by atoms with Crippen LogP contribution in [0.1, 0.15) is 18.0 Å². The van der Waals surface area contributed by atoms with Crippen molar-refractivity contribution in [2.75, 3.05) is 0 Å². The maximum absolute atomic E-state index is 13.0. The minimum atomic E-state index is -0.432. The summed E-state index contributed by atoms with van der Waals surface area (Å²) in [5.74, 6) is -0.430. The highest BCUT2D eigenvalue weighted by molar-refractivity contribution is 6.32. The van der Waals surface area contributed by atoms with Gasteiger partial charge in [-0.3, -0.25) is 4.79 Å². The van der Waals surface area contributed by atoms with Crippen molar-refractivity contribution in [3.8, 4) is 0 Å². The normalized spacial score (nSPS) is 20.7. The zero-order chi connectivity index (χ0) is 9.42. The van der Waals surface area contributed by atoms with E-state index in [4.69, 9.17) is 7.85 Å². The Balaban J connectivity index is 2.22. The van der Waals surface area contributed by atoms with E-state index in [0.717, 1.165) is 5.56 Å². The number of hydrogen-bond donors (Lipinski definition) is 1. The molecule has 2 nitrogen and oxygen atoms in total. The molecule has 0 spiro atoms. The number of nitrogens with one attached hydrogen (secondary N) is 1. The van der Waals surface area contributed by atoms with E-state index in [2.05, 4.69) is 5.32 Å². The zero-order valence-corrected chi connectivity index (χ0v) is 6.88. The number of benzene rings is 1. The number of rotatable bonds is 1. The van der Waals surface area contributed by atoms with Gasteiger partial charge in [-0.2, -0.15) is 0 Å². The number of amides is 1. The molecule has 1 aliphatic heterocycles. The van der Waals surface area contributed by atoms with Gasteiger partial charge in [0.2, 0.25) is 5.91 Å². The number of hydrogen-bond acceptors (Lipinski definition) is 1. The van der Waals surface area contributed by atoms with E-state index in [1.54, 1.807) is 6.07 Å². The molecule has 2 radical (unpaired) electrons. The van der Waals surface area contributed by atoms with E-state index in [-0.39, 0.29) is 17.4 Å². The SMILES string of the molecule is [B]c1ccc(C2CC(=O)N2)cc1F. The monoisotopic (exact) mass is 175 g/mol. The lowest BCUT2D eigenvalue weighted by molar-refractivity contribution is -0.128. The third kappa shape index (κ3) is 1.44. The molecule has 0 saturated carbocycles. The Labute approximate surface area is 76.5 Å². The quantitative estimate of drug-likeness (QED) is 0.478. The Bertz CT molecular complexity index is 359. The summed E-state index contributed by atoms with van der Waals surface area (Å²) < 4.78 is 13.0. The summed E-state index contributed by atoms with van der Waals surface area (Å²) in [6.45, 7) is 0. The van der Waals surface area contributed by atoms with Crippen LogP contribution in [0.4, 0.5) is 4.39 Å². The molecular weight excluding hydrogens is 168 g/mol. The summed E-state index contributed by atoms with van der Waals surface area (Å²) in [6.07, 6.45) is 0.434. The average Bonchev–Trinajstić information content (AvgIpc) is 2.05. The molecule has 1 aromatic rings. The lowest BCUT2D eigenvalue weighted by Crippen LogP contribution is -2.41. The van der Waals surface area contributed by atoms with Crippen molar-refractivity contribution in [3.63, 3.8) is 0 Å². The first kappa shape index (κ1) is 8.29. The van der Waals surface area contributed by atoms with Crippen LogP contribution < -0.4 is 10.8 Å². The molecule has 0 aliphatic carbocycles. The van der Waals surface area contributed by atoms with Gasteiger partial charge in [-0.15, -0.1) is 0 Å². The summed E-state index contributed by atoms with van der Waals surface area (Å²) in [5, 5.41) is 2.66. The predicted molar refractivity (Wildman–Crippen MR) is 47.3 cm³/mol. The van der Waals surface area contributed by atoms with Gasteiger partial charge in [-0.1, -0.05) is 17.6 Å². The Hall–Kier alpha value is -1.32. The van der Waals surface area contributed by atoms with Crippen molar-refractivity contribution in [2.45, 2.75) is 12.5 Å². The number of halogens is 1. The van der Waals surface area contributed by atoms with E-state index in [9.17, 15) is 9.18 Å². The molecule has 0 aromatic heterocycles. The molecule has 1 aliphatic rings. The van der Waals surface area contributed by atoms with Crippen molar-refractivity contribution < 1.29 is 9.18 Å². The first-order valence-electron chi connectivity index (χ1n) is 4.01. The molecule has 1 unspecified atom stereocenters.